The summed E-state index contributed by atoms with van der Waals surface area (Å²) in [4.78, 5) is 13.4. The maximum absolute atomic E-state index is 15.5. The van der Waals surface area contributed by atoms with Gasteiger partial charge in [-0.15, -0.1) is 0 Å². The molecule has 3 heterocycles. The first kappa shape index (κ1) is 20.4. The van der Waals surface area contributed by atoms with Crippen molar-refractivity contribution in [3.05, 3.63) is 89.2 Å². The van der Waals surface area contributed by atoms with Crippen molar-refractivity contribution in [1.29, 1.82) is 0 Å². The standard InChI is InChI=1S/C24H19FN6O2/c1-30-14-15(13-27-30)17-9-6-10-18(20(17)25)21-24(33-2)23(32)22(29-28-21)19-11-12-26-31(19)16-7-4-3-5-8-16/h3-14H,1-2H3,(H,28,32). The second-order valence-corrected chi connectivity index (χ2v) is 7.34. The summed E-state index contributed by atoms with van der Waals surface area (Å²) in [6.07, 6.45) is 4.88. The van der Waals surface area contributed by atoms with Crippen LogP contribution in [0.2, 0.25) is 0 Å². The Morgan fingerprint density at radius 2 is 1.79 bits per heavy atom. The highest BCUT2D eigenvalue weighted by Gasteiger charge is 2.22. The predicted molar refractivity (Wildman–Crippen MR) is 122 cm³/mol. The van der Waals surface area contributed by atoms with E-state index >= 15 is 4.39 Å². The number of para-hydroxylation sites is 1. The molecule has 0 spiro atoms. The van der Waals surface area contributed by atoms with Gasteiger partial charge < -0.3 is 4.74 Å². The van der Waals surface area contributed by atoms with Crippen molar-refractivity contribution in [1.82, 2.24) is 29.8 Å². The van der Waals surface area contributed by atoms with Crippen LogP contribution in [0.5, 0.6) is 5.75 Å². The molecule has 5 aromatic rings. The number of hydrogen-bond acceptors (Lipinski definition) is 5. The van der Waals surface area contributed by atoms with Crippen molar-refractivity contribution in [2.75, 3.05) is 7.11 Å². The van der Waals surface area contributed by atoms with E-state index in [-0.39, 0.29) is 22.7 Å². The fourth-order valence-electron chi connectivity index (χ4n) is 3.75. The molecule has 0 bridgehead atoms. The van der Waals surface area contributed by atoms with Gasteiger partial charge in [0.15, 0.2) is 11.4 Å². The molecule has 0 amide bonds. The number of hydrogen-bond donors (Lipinski definition) is 1. The Morgan fingerprint density at radius 3 is 2.52 bits per heavy atom. The smallest absolute Gasteiger partial charge is 0.252 e. The van der Waals surface area contributed by atoms with Crippen LogP contribution >= 0.6 is 0 Å². The monoisotopic (exact) mass is 442 g/mol. The Hall–Kier alpha value is -4.53. The summed E-state index contributed by atoms with van der Waals surface area (Å²) >= 11 is 0. The van der Waals surface area contributed by atoms with Gasteiger partial charge in [0.2, 0.25) is 0 Å². The molecule has 0 saturated carbocycles. The van der Waals surface area contributed by atoms with E-state index in [9.17, 15) is 4.79 Å². The summed E-state index contributed by atoms with van der Waals surface area (Å²) < 4.78 is 24.1. The van der Waals surface area contributed by atoms with Gasteiger partial charge in [-0.05, 0) is 24.3 Å². The number of halogens is 1. The lowest BCUT2D eigenvalue weighted by Gasteiger charge is -2.12. The van der Waals surface area contributed by atoms with Gasteiger partial charge in [0.1, 0.15) is 11.5 Å². The fraction of sp³-hybridized carbons (Fsp3) is 0.0833. The highest BCUT2D eigenvalue weighted by Crippen LogP contribution is 2.33. The second kappa shape index (κ2) is 8.19. The van der Waals surface area contributed by atoms with Crippen molar-refractivity contribution in [2.24, 2.45) is 7.05 Å². The van der Waals surface area contributed by atoms with Crippen LogP contribution in [0.25, 0.3) is 39.5 Å². The van der Waals surface area contributed by atoms with Crippen LogP contribution in [0.15, 0.2) is 78.0 Å². The minimum absolute atomic E-state index is 0.0388. The molecule has 0 saturated heterocycles. The minimum Gasteiger partial charge on any atom is -0.491 e. The molecule has 0 unspecified atom stereocenters. The quantitative estimate of drug-likeness (QED) is 0.447. The zero-order chi connectivity index (χ0) is 22.9. The van der Waals surface area contributed by atoms with Crippen LogP contribution in [-0.2, 0) is 7.05 Å². The number of nitrogens with one attached hydrogen (secondary N) is 1. The molecule has 3 aromatic heterocycles. The minimum atomic E-state index is -0.511. The van der Waals surface area contributed by atoms with Crippen molar-refractivity contribution in [3.63, 3.8) is 0 Å². The first-order valence-corrected chi connectivity index (χ1v) is 10.1. The molecule has 9 heteroatoms. The van der Waals surface area contributed by atoms with E-state index in [0.29, 0.717) is 16.8 Å². The summed E-state index contributed by atoms with van der Waals surface area (Å²) in [5, 5.41) is 15.5. The number of rotatable bonds is 5. The van der Waals surface area contributed by atoms with Gasteiger partial charge in [-0.3, -0.25) is 14.6 Å². The molecular formula is C24H19FN6O2. The molecule has 5 rings (SSSR count). The average Bonchev–Trinajstić information content (AvgIpc) is 3.49. The van der Waals surface area contributed by atoms with Gasteiger partial charge in [-0.2, -0.15) is 15.3 Å². The molecule has 0 radical (unpaired) electrons. The number of aromatic amines is 1. The molecule has 8 nitrogen and oxygen atoms in total. The Labute approximate surface area is 187 Å². The highest BCUT2D eigenvalue weighted by atomic mass is 19.1. The predicted octanol–water partition coefficient (Wildman–Crippen LogP) is 3.84. The Morgan fingerprint density at radius 1 is 1.00 bits per heavy atom. The molecule has 0 aliphatic carbocycles. The third kappa shape index (κ3) is 3.49. The van der Waals surface area contributed by atoms with E-state index in [4.69, 9.17) is 4.74 Å². The normalized spacial score (nSPS) is 11.0. The number of methoxy groups -OCH3 is 1. The van der Waals surface area contributed by atoms with Crippen LogP contribution in [0.1, 0.15) is 0 Å². The third-order valence-electron chi connectivity index (χ3n) is 5.30. The maximum atomic E-state index is 15.5. The number of nitrogens with zero attached hydrogens (tertiary/aromatic N) is 5. The first-order valence-electron chi connectivity index (χ1n) is 10.1. The van der Waals surface area contributed by atoms with Crippen molar-refractivity contribution in [3.8, 4) is 45.2 Å². The molecule has 0 atom stereocenters. The van der Waals surface area contributed by atoms with Gasteiger partial charge in [-0.1, -0.05) is 30.3 Å². The summed E-state index contributed by atoms with van der Waals surface area (Å²) in [7, 11) is 3.13. The molecule has 1 N–H and O–H groups in total. The molecular weight excluding hydrogens is 423 g/mol. The van der Waals surface area contributed by atoms with Gasteiger partial charge in [-0.25, -0.2) is 9.07 Å². The zero-order valence-electron chi connectivity index (χ0n) is 17.9. The van der Waals surface area contributed by atoms with E-state index < -0.39 is 11.2 Å². The molecule has 33 heavy (non-hydrogen) atoms. The number of benzene rings is 2. The van der Waals surface area contributed by atoms with E-state index in [2.05, 4.69) is 20.4 Å². The number of ether oxygens (including phenoxy) is 1. The van der Waals surface area contributed by atoms with Crippen molar-refractivity contribution < 1.29 is 9.13 Å². The molecule has 0 fully saturated rings. The average molecular weight is 442 g/mol. The lowest BCUT2D eigenvalue weighted by atomic mass is 10.0. The van der Waals surface area contributed by atoms with Crippen LogP contribution < -0.4 is 10.2 Å². The molecule has 0 aliphatic rings. The van der Waals surface area contributed by atoms with Gasteiger partial charge in [0.25, 0.3) is 5.43 Å². The van der Waals surface area contributed by atoms with Gasteiger partial charge in [0.05, 0.1) is 30.9 Å². The molecule has 0 aliphatic heterocycles. The highest BCUT2D eigenvalue weighted by molar-refractivity contribution is 5.75. The van der Waals surface area contributed by atoms with E-state index in [1.54, 1.807) is 59.3 Å². The number of aryl methyl sites for hydroxylation is 1. The van der Waals surface area contributed by atoms with Gasteiger partial charge in [0, 0.05) is 29.9 Å². The van der Waals surface area contributed by atoms with Crippen LogP contribution in [-0.4, -0.2) is 36.9 Å². The topological polar surface area (TPSA) is 90.6 Å². The summed E-state index contributed by atoms with van der Waals surface area (Å²) in [6.45, 7) is 0. The number of aromatic nitrogens is 6. The number of H-pyrrole nitrogens is 1. The SMILES string of the molecule is COc1c(-c2cccc(-c3cnn(C)c3)c2F)[nH]nc(-c2ccnn2-c2ccccc2)c1=O. The van der Waals surface area contributed by atoms with E-state index in [1.165, 1.54) is 7.11 Å². The van der Waals surface area contributed by atoms with E-state index in [1.807, 2.05) is 30.3 Å². The molecule has 2 aromatic carbocycles. The van der Waals surface area contributed by atoms with Crippen LogP contribution in [0.4, 0.5) is 4.39 Å². The van der Waals surface area contributed by atoms with Crippen molar-refractivity contribution in [2.45, 2.75) is 0 Å². The van der Waals surface area contributed by atoms with Crippen molar-refractivity contribution >= 4 is 0 Å². The Kier molecular flexibility index (Phi) is 5.06. The largest absolute Gasteiger partial charge is 0.491 e. The summed E-state index contributed by atoms with van der Waals surface area (Å²) in [5.74, 6) is -0.550. The van der Waals surface area contributed by atoms with Gasteiger partial charge >= 0.3 is 0 Å². The van der Waals surface area contributed by atoms with Crippen LogP contribution in [0, 0.1) is 5.82 Å². The Balaban J connectivity index is 1.65. The first-order chi connectivity index (χ1) is 16.1. The molecule has 164 valence electrons. The lowest BCUT2D eigenvalue weighted by Crippen LogP contribution is -2.16. The third-order valence-corrected chi connectivity index (χ3v) is 5.30. The maximum Gasteiger partial charge on any atom is 0.252 e. The Bertz CT molecular complexity index is 1500. The van der Waals surface area contributed by atoms with Crippen LogP contribution in [0.3, 0.4) is 0 Å². The van der Waals surface area contributed by atoms with E-state index in [0.717, 1.165) is 5.69 Å². The zero-order valence-corrected chi connectivity index (χ0v) is 17.9. The second-order valence-electron chi connectivity index (χ2n) is 7.34. The summed E-state index contributed by atoms with van der Waals surface area (Å²) in [6, 6.07) is 16.0. The summed E-state index contributed by atoms with van der Waals surface area (Å²) in [5.41, 5.74) is 2.19. The fourth-order valence-corrected chi connectivity index (χ4v) is 3.75. The lowest BCUT2D eigenvalue weighted by molar-refractivity contribution is 0.409.